The number of aliphatic hydroxyl groups excluding tert-OH is 2. The van der Waals surface area contributed by atoms with Gasteiger partial charge in [-0.25, -0.2) is 0 Å². The maximum absolute atomic E-state index is 15.3. The molecule has 0 fully saturated rings. The van der Waals surface area contributed by atoms with Crippen LogP contribution < -0.4 is 97.0 Å². The maximum Gasteiger partial charge on any atom is 0.303 e. The van der Waals surface area contributed by atoms with Gasteiger partial charge < -0.3 is 137 Å². The van der Waals surface area contributed by atoms with E-state index >= 15 is 9.59 Å². The quantitative estimate of drug-likeness (QED) is 0.00736. The van der Waals surface area contributed by atoms with Gasteiger partial charge in [-0.05, 0) is 117 Å². The monoisotopic (exact) mass is 1820 g/mol. The number of nitrogens with two attached hydrogens (primary N) is 3. The topological polar surface area (TPSA) is 697 Å². The van der Waals surface area contributed by atoms with Crippen molar-refractivity contribution in [2.75, 3.05) is 57.5 Å². The lowest BCUT2D eigenvalue weighted by atomic mass is 9.99. The molecule has 128 heavy (non-hydrogen) atoms. The molecule has 15 amide bonds. The van der Waals surface area contributed by atoms with E-state index in [2.05, 4.69) is 115 Å². The van der Waals surface area contributed by atoms with Gasteiger partial charge in [-0.3, -0.25) is 82.1 Å². The second-order valence-corrected chi connectivity index (χ2v) is 31.2. The molecule has 0 radical (unpaired) electrons. The number of aliphatic hydroxyl groups is 2. The Morgan fingerprint density at radius 3 is 1.35 bits per heavy atom. The van der Waals surface area contributed by atoms with Crippen LogP contribution in [0.15, 0.2) is 109 Å². The highest BCUT2D eigenvalue weighted by atomic mass is 32.1. The molecule has 0 aliphatic heterocycles. The number of benzene rings is 4. The van der Waals surface area contributed by atoms with E-state index in [4.69, 9.17) is 27.3 Å². The molecule has 0 spiro atoms. The molecule has 0 unspecified atom stereocenters. The van der Waals surface area contributed by atoms with Gasteiger partial charge >= 0.3 is 5.97 Å². The van der Waals surface area contributed by atoms with Crippen molar-refractivity contribution in [1.29, 1.82) is 5.41 Å². The first-order chi connectivity index (χ1) is 60.9. The number of carbonyl (C=O) groups excluding carboxylic acids is 15. The lowest BCUT2D eigenvalue weighted by Crippen LogP contribution is -2.62. The molecule has 6 aromatic rings. The van der Waals surface area contributed by atoms with Gasteiger partial charge in [0.15, 0.2) is 5.96 Å². The van der Waals surface area contributed by atoms with E-state index < -0.39 is 230 Å². The predicted octanol–water partition coefficient (Wildman–Crippen LogP) is -4.95. The zero-order valence-corrected chi connectivity index (χ0v) is 72.7. The summed E-state index contributed by atoms with van der Waals surface area (Å²) < 4.78 is 5.34. The SMILES string of the molecule is CC(=O)N[C@@H](CS)C(=O)N[C@@H](CO)C(=O)N[C@H](C(=O)N[C@@H](Cc1c[nH]c2ccccc12)C(=O)N[C@@H](CCC(=O)O)C(=O)N[C@@H](CS)C(=O)N[C@@H](Cc1ccc(O)cc1)C(=O)N[C@@H](Cc1c[nH]c2ccccc12)C(=O)N[C@@H](CCCNC(=N)N)C(=O)N[C@H](C(=O)N[C@@H](Cc1ccc(O)cc1)C(=O)NCC(=O)NCCOCC(=O)N[C@H](CCCCN)C(N)=O)C(C)C)[C@@H](C)O. The van der Waals surface area contributed by atoms with Crippen LogP contribution in [0.25, 0.3) is 21.8 Å². The number of phenolic OH excluding ortho intramolecular Hbond substituents is 2. The maximum atomic E-state index is 15.3. The van der Waals surface area contributed by atoms with E-state index in [1.165, 1.54) is 54.7 Å². The fourth-order valence-electron chi connectivity index (χ4n) is 13.2. The summed E-state index contributed by atoms with van der Waals surface area (Å²) in [5.74, 6) is -18.1. The molecule has 0 saturated carbocycles. The van der Waals surface area contributed by atoms with Crippen LogP contribution in [0.5, 0.6) is 11.5 Å². The summed E-state index contributed by atoms with van der Waals surface area (Å²) in [6.07, 6.45) is -0.251. The van der Waals surface area contributed by atoms with Gasteiger partial charge in [0.05, 0.1) is 25.9 Å². The number of nitrogens with one attached hydrogen (secondary N) is 18. The lowest BCUT2D eigenvalue weighted by Gasteiger charge is -2.29. The number of rotatable bonds is 55. The van der Waals surface area contributed by atoms with Gasteiger partial charge in [-0.2, -0.15) is 25.3 Å². The predicted molar refractivity (Wildman–Crippen MR) is 473 cm³/mol. The average Bonchev–Trinajstić information content (AvgIpc) is 1.67. The number of phenols is 2. The molecule has 2 heterocycles. The summed E-state index contributed by atoms with van der Waals surface area (Å²) in [6.45, 7) is 3.28. The summed E-state index contributed by atoms with van der Waals surface area (Å²) in [4.78, 5) is 227. The van der Waals surface area contributed by atoms with Crippen molar-refractivity contribution in [3.63, 3.8) is 0 Å². The van der Waals surface area contributed by atoms with Crippen LogP contribution in [0.1, 0.15) is 94.9 Å². The Hall–Kier alpha value is -13.1. The zero-order valence-electron chi connectivity index (χ0n) is 70.9. The molecule has 6 rings (SSSR count). The summed E-state index contributed by atoms with van der Waals surface area (Å²) >= 11 is 8.41. The zero-order chi connectivity index (χ0) is 94.3. The molecule has 4 aromatic carbocycles. The minimum Gasteiger partial charge on any atom is -0.508 e. The fourth-order valence-corrected chi connectivity index (χ4v) is 13.7. The number of unbranched alkanes of at least 4 members (excludes halogenated alkanes) is 1. The first-order valence-electron chi connectivity index (χ1n) is 41.1. The van der Waals surface area contributed by atoms with Gasteiger partial charge in [0.2, 0.25) is 88.6 Å². The van der Waals surface area contributed by atoms with Crippen LogP contribution in [0.3, 0.4) is 0 Å². The van der Waals surface area contributed by atoms with E-state index in [1.807, 2.05) is 0 Å². The third-order valence-electron chi connectivity index (χ3n) is 20.0. The van der Waals surface area contributed by atoms with Gasteiger partial charge in [0.25, 0.3) is 0 Å². The number of amides is 15. The van der Waals surface area contributed by atoms with Gasteiger partial charge in [-0.15, -0.1) is 0 Å². The minimum absolute atomic E-state index is 0.0215. The summed E-state index contributed by atoms with van der Waals surface area (Å²) in [7, 11) is 0. The number of carboxylic acid groups (broad SMARTS) is 1. The van der Waals surface area contributed by atoms with E-state index in [0.717, 1.165) is 13.8 Å². The molecular formula is C83H115N21O22S2. The van der Waals surface area contributed by atoms with Crippen LogP contribution in [0, 0.1) is 11.3 Å². The molecule has 0 bridgehead atoms. The number of aromatic hydroxyl groups is 2. The number of para-hydroxylation sites is 2. The van der Waals surface area contributed by atoms with E-state index in [-0.39, 0.29) is 75.5 Å². The number of hydrogen-bond donors (Lipinski definition) is 28. The van der Waals surface area contributed by atoms with E-state index in [1.54, 1.807) is 68.6 Å². The molecule has 0 aliphatic rings. The Morgan fingerprint density at radius 2 is 0.875 bits per heavy atom. The minimum atomic E-state index is -1.93. The Labute approximate surface area is 746 Å². The largest absolute Gasteiger partial charge is 0.508 e. The number of aromatic amines is 2. The van der Waals surface area contributed by atoms with E-state index in [0.29, 0.717) is 63.4 Å². The molecule has 13 atom stereocenters. The number of carboxylic acids is 1. The molecule has 43 nitrogen and oxygen atoms in total. The molecular weight excluding hydrogens is 1710 g/mol. The summed E-state index contributed by atoms with van der Waals surface area (Å²) in [5, 5.41) is 98.1. The molecule has 0 aliphatic carbocycles. The number of primary amides is 1. The van der Waals surface area contributed by atoms with Crippen molar-refractivity contribution in [3.05, 3.63) is 132 Å². The number of aliphatic carboxylic acids is 1. The Kier molecular flexibility index (Phi) is 42.7. The lowest BCUT2D eigenvalue weighted by molar-refractivity contribution is -0.139. The number of H-pyrrole nitrogens is 2. The second kappa shape index (κ2) is 52.7. The number of aromatic nitrogens is 2. The first-order valence-corrected chi connectivity index (χ1v) is 42.4. The highest BCUT2D eigenvalue weighted by Gasteiger charge is 2.39. The van der Waals surface area contributed by atoms with Gasteiger partial charge in [0.1, 0.15) is 90.6 Å². The van der Waals surface area contributed by atoms with Crippen molar-refractivity contribution in [3.8, 4) is 11.5 Å². The number of hydrogen-bond acceptors (Lipinski definition) is 25. The van der Waals surface area contributed by atoms with Crippen molar-refractivity contribution in [2.24, 2.45) is 23.1 Å². The van der Waals surface area contributed by atoms with E-state index in [9.17, 15) is 92.7 Å². The van der Waals surface area contributed by atoms with Crippen molar-refractivity contribution in [2.45, 2.75) is 177 Å². The van der Waals surface area contributed by atoms with Gasteiger partial charge in [0, 0.05) is 97.8 Å². The molecule has 45 heteroatoms. The van der Waals surface area contributed by atoms with Crippen molar-refractivity contribution in [1.82, 2.24) is 89.7 Å². The van der Waals surface area contributed by atoms with Crippen LogP contribution in [0.2, 0.25) is 0 Å². The Morgan fingerprint density at radius 1 is 0.453 bits per heavy atom. The van der Waals surface area contributed by atoms with Crippen LogP contribution in [-0.2, 0) is 107 Å². The van der Waals surface area contributed by atoms with Crippen LogP contribution in [0.4, 0.5) is 0 Å². The number of thiol groups is 2. The van der Waals surface area contributed by atoms with Crippen molar-refractivity contribution < 1.29 is 107 Å². The fraction of sp³-hybridized carbons (Fsp3) is 0.458. The highest BCUT2D eigenvalue weighted by molar-refractivity contribution is 7.80. The normalized spacial score (nSPS) is 14.2. The molecule has 0 saturated heterocycles. The molecule has 29 N–H and O–H groups in total. The Bertz CT molecular complexity index is 4820. The van der Waals surface area contributed by atoms with Gasteiger partial charge in [-0.1, -0.05) is 74.5 Å². The smallest absolute Gasteiger partial charge is 0.303 e. The number of fused-ring (bicyclic) bond motifs is 2. The standard InChI is InChI=1S/C83H115N21O22S2/c1-43(2)69(81(124)99-59(32-46-18-22-50(108)23-19-46)72(115)92-38-66(110)88-30-31-126-40-67(111)94-56(71(85)114)16-9-10-28-84)103-74(117)57(17-11-29-89-83(86)87)95-76(119)61(34-48-36-90-54-14-7-5-12-52(48)54)98-75(118)60(33-47-20-24-51(109)25-21-47)97-80(123)65(42-128)102-73(116)58(26-27-68(112)113)96-77(120)62(35-49-37-91-55-15-8-6-13-53(49)55)100-82(125)70(44(3)106)104-78(121)63(39-105)101-79(122)64(41-127)93-45(4)107/h5-8,12-15,18-25,36-37,43-44,56-65,69-70,90-91,105-106,108-109,127-128H,9-11,16-17,26-35,38-42,84H2,1-4H3,(H2,85,114)(H,88,110)(H,92,115)(H,93,107)(H,94,111)(H,95,119)(H,96,120)(H,97,123)(H,98,118)(H,99,124)(H,100,125)(H,101,122)(H,102,116)(H,103,117)(H,104,121)(H,112,113)(H4,86,87,89)/t44-,56-,57+,58+,59+,60+,61+,62+,63+,64+,65+,69+,70+/m1/s1. The third-order valence-corrected chi connectivity index (χ3v) is 20.8. The number of ether oxygens (including phenoxy) is 1. The number of guanidine groups is 1. The molecule has 696 valence electrons. The third kappa shape index (κ3) is 34.3. The average molecular weight is 1820 g/mol. The highest BCUT2D eigenvalue weighted by Crippen LogP contribution is 2.23. The summed E-state index contributed by atoms with van der Waals surface area (Å²) in [5.41, 5.74) is 19.3. The van der Waals surface area contributed by atoms with Crippen LogP contribution >= 0.6 is 25.3 Å². The number of carbonyl (C=O) groups is 16. The summed E-state index contributed by atoms with van der Waals surface area (Å²) in [6, 6.07) is 5.57. The first kappa shape index (κ1) is 104. The molecule has 2 aromatic heterocycles. The second-order valence-electron chi connectivity index (χ2n) is 30.5. The van der Waals surface area contributed by atoms with Crippen molar-refractivity contribution >= 4 is 148 Å². The Balaban J connectivity index is 1.25. The van der Waals surface area contributed by atoms with Crippen LogP contribution in [-0.4, -0.2) is 272 Å².